The van der Waals surface area contributed by atoms with Crippen molar-refractivity contribution in [3.63, 3.8) is 0 Å². The molecule has 0 aliphatic heterocycles. The van der Waals surface area contributed by atoms with Crippen LogP contribution in [0.2, 0.25) is 0 Å². The lowest BCUT2D eigenvalue weighted by molar-refractivity contribution is -0.177. The lowest BCUT2D eigenvalue weighted by Gasteiger charge is -2.62. The van der Waals surface area contributed by atoms with E-state index in [1.807, 2.05) is 0 Å². The Labute approximate surface area is 194 Å². The van der Waals surface area contributed by atoms with Crippen LogP contribution in [0, 0.1) is 63.1 Å². The molecule has 1 unspecified atom stereocenters. The summed E-state index contributed by atoms with van der Waals surface area (Å²) in [5.74, 6) is 5.56. The van der Waals surface area contributed by atoms with E-state index in [-0.39, 0.29) is 28.3 Å². The van der Waals surface area contributed by atoms with Gasteiger partial charge in [-0.2, -0.15) is 0 Å². The molecule has 2 spiro atoms. The van der Waals surface area contributed by atoms with Crippen molar-refractivity contribution >= 4 is 12.3 Å². The molecule has 0 aromatic carbocycles. The van der Waals surface area contributed by atoms with E-state index < -0.39 is 0 Å². The molecule has 5 fully saturated rings. The average molecular weight is 439 g/mol. The van der Waals surface area contributed by atoms with Gasteiger partial charge in [0.1, 0.15) is 12.4 Å². The summed E-state index contributed by atoms with van der Waals surface area (Å²) >= 11 is 0. The van der Waals surface area contributed by atoms with E-state index in [0.29, 0.717) is 40.9 Å². The summed E-state index contributed by atoms with van der Waals surface area (Å²) in [5, 5.41) is 0. The molecule has 5 aliphatic carbocycles. The van der Waals surface area contributed by atoms with Crippen LogP contribution >= 0.6 is 0 Å². The van der Waals surface area contributed by atoms with Gasteiger partial charge in [0.05, 0.1) is 0 Å². The van der Waals surface area contributed by atoms with Gasteiger partial charge in [0.25, 0.3) is 0 Å². The Morgan fingerprint density at radius 3 is 2.41 bits per heavy atom. The van der Waals surface area contributed by atoms with Crippen LogP contribution in [-0.4, -0.2) is 18.4 Å². The molecule has 32 heavy (non-hydrogen) atoms. The topological polar surface area (TPSA) is 43.4 Å². The zero-order valence-corrected chi connectivity index (χ0v) is 20.8. The van der Waals surface area contributed by atoms with Crippen LogP contribution in [0.3, 0.4) is 0 Å². The van der Waals surface area contributed by atoms with Crippen molar-refractivity contribution in [3.8, 4) is 12.3 Å². The number of aldehydes is 1. The zero-order chi connectivity index (χ0) is 23.2. The molecular weight excluding hydrogens is 396 g/mol. The lowest BCUT2D eigenvalue weighted by Crippen LogP contribution is -2.58. The Balaban J connectivity index is 1.49. The van der Waals surface area contributed by atoms with E-state index in [9.17, 15) is 9.59 Å². The van der Waals surface area contributed by atoms with Gasteiger partial charge in [0.15, 0.2) is 0 Å². The number of esters is 1. The smallest absolute Gasteiger partial charge is 0.302 e. The normalized spacial score (nSPS) is 51.1. The van der Waals surface area contributed by atoms with Crippen molar-refractivity contribution < 1.29 is 14.3 Å². The van der Waals surface area contributed by atoms with E-state index >= 15 is 0 Å². The summed E-state index contributed by atoms with van der Waals surface area (Å²) in [6.45, 7) is 11.0. The van der Waals surface area contributed by atoms with E-state index in [0.717, 1.165) is 19.1 Å². The van der Waals surface area contributed by atoms with Crippen LogP contribution in [0.4, 0.5) is 0 Å². The predicted molar refractivity (Wildman–Crippen MR) is 125 cm³/mol. The highest BCUT2D eigenvalue weighted by Gasteiger charge is 2.83. The number of carbonyl (C=O) groups is 2. The summed E-state index contributed by atoms with van der Waals surface area (Å²) in [4.78, 5) is 23.1. The monoisotopic (exact) mass is 438 g/mol. The molecular formula is C29H42O3. The first-order chi connectivity index (χ1) is 15.0. The maximum Gasteiger partial charge on any atom is 0.302 e. The van der Waals surface area contributed by atoms with Crippen molar-refractivity contribution in [2.24, 2.45) is 50.7 Å². The fourth-order valence-corrected chi connectivity index (χ4v) is 10.9. The number of rotatable bonds is 4. The fourth-order valence-electron chi connectivity index (χ4n) is 10.9. The molecule has 0 aromatic heterocycles. The van der Waals surface area contributed by atoms with Gasteiger partial charge in [-0.25, -0.2) is 0 Å². The molecule has 0 radical (unpaired) electrons. The minimum absolute atomic E-state index is 0.0155. The minimum atomic E-state index is -0.139. The van der Waals surface area contributed by atoms with Crippen LogP contribution in [0.1, 0.15) is 98.8 Å². The van der Waals surface area contributed by atoms with E-state index in [2.05, 4.69) is 33.6 Å². The van der Waals surface area contributed by atoms with Gasteiger partial charge >= 0.3 is 5.97 Å². The van der Waals surface area contributed by atoms with Gasteiger partial charge in [-0.05, 0) is 97.7 Å². The third-order valence-corrected chi connectivity index (χ3v) is 12.2. The molecule has 0 amide bonds. The number of fused-ring (bicyclic) bond motifs is 2. The first-order valence-corrected chi connectivity index (χ1v) is 13.1. The highest BCUT2D eigenvalue weighted by molar-refractivity contribution is 5.66. The summed E-state index contributed by atoms with van der Waals surface area (Å²) in [5.41, 5.74) is 0.954. The second kappa shape index (κ2) is 6.86. The third-order valence-electron chi connectivity index (χ3n) is 12.2. The molecule has 5 rings (SSSR count). The van der Waals surface area contributed by atoms with Crippen molar-refractivity contribution in [1.29, 1.82) is 0 Å². The molecule has 3 nitrogen and oxygen atoms in total. The molecule has 9 atom stereocenters. The predicted octanol–water partition coefficient (Wildman–Crippen LogP) is 6.20. The standard InChI is InChI=1S/C29H42O3/c1-7-27-13-10-21(19(2)12-17-30)26(27,6)15-16-29-18-28(29)14-11-24(32-20(3)31)25(4,5)22(28)8-9-23(27)29/h1,17,19,21-24H,8-16,18H2,2-6H3/t19-,21?,22+,23+,24+,26-,27+,28-,29+/m1/s1. The Kier molecular flexibility index (Phi) is 4.82. The molecule has 176 valence electrons. The highest BCUT2D eigenvalue weighted by Crippen LogP contribution is 2.89. The summed E-state index contributed by atoms with van der Waals surface area (Å²) in [7, 11) is 0. The van der Waals surface area contributed by atoms with Gasteiger partial charge in [0.2, 0.25) is 0 Å². The number of hydrogen-bond donors (Lipinski definition) is 0. The van der Waals surface area contributed by atoms with Crippen LogP contribution < -0.4 is 0 Å². The largest absolute Gasteiger partial charge is 0.462 e. The molecule has 0 bridgehead atoms. The second-order valence-electron chi connectivity index (χ2n) is 13.2. The van der Waals surface area contributed by atoms with E-state index in [4.69, 9.17) is 11.2 Å². The van der Waals surface area contributed by atoms with Crippen LogP contribution in [0.5, 0.6) is 0 Å². The molecule has 3 heteroatoms. The lowest BCUT2D eigenvalue weighted by atomic mass is 9.41. The fraction of sp³-hybridized carbons (Fsp3) is 0.862. The minimum Gasteiger partial charge on any atom is -0.462 e. The SMILES string of the molecule is C#C[C@@]12CCC([C@H](C)CC=O)[C@@]1(C)CC[C@@]13C[C@@]14CC[C@H](OC(C)=O)C(C)(C)[C@@H]4CC[C@H]32. The van der Waals surface area contributed by atoms with E-state index in [1.54, 1.807) is 6.92 Å². The Morgan fingerprint density at radius 1 is 1.06 bits per heavy atom. The number of ether oxygens (including phenoxy) is 1. The zero-order valence-electron chi connectivity index (χ0n) is 20.8. The quantitative estimate of drug-likeness (QED) is 0.298. The van der Waals surface area contributed by atoms with Crippen molar-refractivity contribution in [2.45, 2.75) is 105 Å². The Hall–Kier alpha value is -1.30. The van der Waals surface area contributed by atoms with Crippen LogP contribution in [0.25, 0.3) is 0 Å². The van der Waals surface area contributed by atoms with Gasteiger partial charge < -0.3 is 9.53 Å². The van der Waals surface area contributed by atoms with Crippen LogP contribution in [0.15, 0.2) is 0 Å². The molecule has 0 N–H and O–H groups in total. The summed E-state index contributed by atoms with van der Waals surface area (Å²) in [6, 6.07) is 0. The van der Waals surface area contributed by atoms with Gasteiger partial charge in [-0.15, -0.1) is 6.42 Å². The van der Waals surface area contributed by atoms with Crippen molar-refractivity contribution in [1.82, 2.24) is 0 Å². The second-order valence-corrected chi connectivity index (χ2v) is 13.2. The first-order valence-electron chi connectivity index (χ1n) is 13.1. The summed E-state index contributed by atoms with van der Waals surface area (Å²) < 4.78 is 5.84. The van der Waals surface area contributed by atoms with Gasteiger partial charge in [-0.3, -0.25) is 4.79 Å². The Morgan fingerprint density at radius 2 is 1.75 bits per heavy atom. The maximum atomic E-state index is 11.8. The summed E-state index contributed by atoms with van der Waals surface area (Å²) in [6.07, 6.45) is 19.1. The molecule has 0 saturated heterocycles. The molecule has 0 heterocycles. The van der Waals surface area contributed by atoms with Crippen LogP contribution in [-0.2, 0) is 14.3 Å². The number of hydrogen-bond acceptors (Lipinski definition) is 3. The van der Waals surface area contributed by atoms with E-state index in [1.165, 1.54) is 44.9 Å². The highest BCUT2D eigenvalue weighted by atomic mass is 16.5. The van der Waals surface area contributed by atoms with Crippen molar-refractivity contribution in [2.75, 3.05) is 0 Å². The Bertz CT molecular complexity index is 868. The van der Waals surface area contributed by atoms with Crippen molar-refractivity contribution in [3.05, 3.63) is 0 Å². The van der Waals surface area contributed by atoms with Gasteiger partial charge in [0, 0.05) is 24.2 Å². The number of terminal acetylenes is 1. The molecule has 5 saturated carbocycles. The van der Waals surface area contributed by atoms with Gasteiger partial charge in [-0.1, -0.05) is 33.6 Å². The number of carbonyl (C=O) groups excluding carboxylic acids is 2. The molecule has 5 aliphatic rings. The third kappa shape index (κ3) is 2.46. The average Bonchev–Trinajstić information content (AvgIpc) is 3.29. The molecule has 0 aromatic rings. The maximum absolute atomic E-state index is 11.8. The first kappa shape index (κ1) is 22.5.